The first-order valence-corrected chi connectivity index (χ1v) is 11.5. The minimum absolute atomic E-state index is 0.262. The molecule has 9 heteroatoms. The maximum Gasteiger partial charge on any atom is 0.175 e. The van der Waals surface area contributed by atoms with E-state index in [0.29, 0.717) is 17.2 Å². The molecule has 0 aliphatic carbocycles. The number of nitrogens with one attached hydrogen (secondary N) is 2. The molecule has 8 nitrogen and oxygen atoms in total. The summed E-state index contributed by atoms with van der Waals surface area (Å²) >= 11 is 0. The summed E-state index contributed by atoms with van der Waals surface area (Å²) in [6, 6.07) is 12.1. The lowest BCUT2D eigenvalue weighted by atomic mass is 10.1. The number of H-pyrrole nitrogens is 1. The van der Waals surface area contributed by atoms with Crippen LogP contribution >= 0.6 is 0 Å². The predicted octanol–water partition coefficient (Wildman–Crippen LogP) is 3.45. The number of hydrogen-bond donors (Lipinski definition) is 2. The quantitative estimate of drug-likeness (QED) is 0.413. The molecule has 0 radical (unpaired) electrons. The molecule has 4 aromatic heterocycles. The summed E-state index contributed by atoms with van der Waals surface area (Å²) in [7, 11) is -3.24. The minimum atomic E-state index is -3.24. The molecule has 32 heavy (non-hydrogen) atoms. The Morgan fingerprint density at radius 2 is 1.72 bits per heavy atom. The highest BCUT2D eigenvalue weighted by Gasteiger charge is 2.08. The largest absolute Gasteiger partial charge is 0.340 e. The van der Waals surface area contributed by atoms with E-state index in [2.05, 4.69) is 42.3 Å². The SMILES string of the molecule is CS(=O)(=O)c1ccc(Nc2cc3c(C#Cc4n[nH]c5cnccc45)nccc3cn2)cc1. The van der Waals surface area contributed by atoms with Crippen LogP contribution in [0.4, 0.5) is 11.5 Å². The van der Waals surface area contributed by atoms with E-state index < -0.39 is 9.84 Å². The van der Waals surface area contributed by atoms with Crippen LogP contribution in [0.3, 0.4) is 0 Å². The molecule has 0 aliphatic rings. The van der Waals surface area contributed by atoms with Crippen LogP contribution in [-0.4, -0.2) is 39.8 Å². The van der Waals surface area contributed by atoms with E-state index >= 15 is 0 Å². The van der Waals surface area contributed by atoms with Crippen LogP contribution in [0, 0.1) is 11.8 Å². The van der Waals surface area contributed by atoms with Crippen LogP contribution in [0.2, 0.25) is 0 Å². The lowest BCUT2D eigenvalue weighted by Crippen LogP contribution is -1.98. The lowest BCUT2D eigenvalue weighted by Gasteiger charge is -2.08. The maximum atomic E-state index is 11.6. The fraction of sp³-hybridized carbons (Fsp3) is 0.0435. The molecule has 0 bridgehead atoms. The Labute approximate surface area is 183 Å². The van der Waals surface area contributed by atoms with Gasteiger partial charge in [-0.25, -0.2) is 18.4 Å². The summed E-state index contributed by atoms with van der Waals surface area (Å²) in [6.45, 7) is 0. The van der Waals surface area contributed by atoms with E-state index in [1.165, 1.54) is 6.26 Å². The van der Waals surface area contributed by atoms with Crippen molar-refractivity contribution >= 4 is 43.0 Å². The number of benzene rings is 1. The van der Waals surface area contributed by atoms with E-state index in [9.17, 15) is 8.42 Å². The Morgan fingerprint density at radius 3 is 2.53 bits per heavy atom. The maximum absolute atomic E-state index is 11.6. The highest BCUT2D eigenvalue weighted by molar-refractivity contribution is 7.90. The average molecular weight is 440 g/mol. The van der Waals surface area contributed by atoms with E-state index in [0.717, 1.165) is 27.4 Å². The molecular formula is C23H16N6O2S. The van der Waals surface area contributed by atoms with Crippen LogP contribution in [0.25, 0.3) is 21.7 Å². The Balaban J connectivity index is 1.49. The number of aromatic nitrogens is 5. The molecule has 0 unspecified atom stereocenters. The monoisotopic (exact) mass is 440 g/mol. The lowest BCUT2D eigenvalue weighted by molar-refractivity contribution is 0.602. The molecule has 0 saturated heterocycles. The topological polar surface area (TPSA) is 114 Å². The molecule has 4 heterocycles. The van der Waals surface area contributed by atoms with Gasteiger partial charge in [-0.15, -0.1) is 0 Å². The van der Waals surface area contributed by atoms with Crippen molar-refractivity contribution in [2.24, 2.45) is 0 Å². The first-order chi connectivity index (χ1) is 15.5. The Morgan fingerprint density at radius 1 is 0.906 bits per heavy atom. The molecule has 5 rings (SSSR count). The number of sulfone groups is 1. The third-order valence-corrected chi connectivity index (χ3v) is 5.99. The van der Waals surface area contributed by atoms with Gasteiger partial charge in [0, 0.05) is 46.7 Å². The van der Waals surface area contributed by atoms with E-state index in [-0.39, 0.29) is 4.90 Å². The standard InChI is InChI=1S/C23H16N6O2S/c1-32(30,31)17-4-2-16(3-5-17)27-23-12-19-15(13-26-23)8-11-25-20(19)6-7-21-18-9-10-24-14-22(18)29-28-21/h2-5,8-14H,1H3,(H,26,27)(H,28,29). The Bertz CT molecular complexity index is 1630. The third kappa shape index (κ3) is 3.87. The summed E-state index contributed by atoms with van der Waals surface area (Å²) in [5.41, 5.74) is 2.77. The van der Waals surface area contributed by atoms with Gasteiger partial charge in [0.2, 0.25) is 0 Å². The van der Waals surface area contributed by atoms with Crippen molar-refractivity contribution in [1.82, 2.24) is 25.1 Å². The predicted molar refractivity (Wildman–Crippen MR) is 122 cm³/mol. The highest BCUT2D eigenvalue weighted by Crippen LogP contribution is 2.23. The number of fused-ring (bicyclic) bond motifs is 2. The molecule has 0 atom stereocenters. The normalized spacial score (nSPS) is 11.3. The minimum Gasteiger partial charge on any atom is -0.340 e. The zero-order chi connectivity index (χ0) is 22.1. The third-order valence-electron chi connectivity index (χ3n) is 4.87. The van der Waals surface area contributed by atoms with E-state index in [4.69, 9.17) is 0 Å². The second-order valence-corrected chi connectivity index (χ2v) is 9.13. The first-order valence-electron chi connectivity index (χ1n) is 9.59. The van der Waals surface area contributed by atoms with Crippen LogP contribution < -0.4 is 5.32 Å². The molecule has 0 fully saturated rings. The van der Waals surface area contributed by atoms with Gasteiger partial charge in [-0.3, -0.25) is 10.1 Å². The van der Waals surface area contributed by atoms with Gasteiger partial charge in [0.25, 0.3) is 0 Å². The first kappa shape index (κ1) is 19.7. The summed E-state index contributed by atoms with van der Waals surface area (Å²) < 4.78 is 23.3. The molecule has 5 aromatic rings. The zero-order valence-corrected chi connectivity index (χ0v) is 17.7. The van der Waals surface area contributed by atoms with Gasteiger partial charge in [-0.1, -0.05) is 0 Å². The molecule has 2 N–H and O–H groups in total. The number of aromatic amines is 1. The smallest absolute Gasteiger partial charge is 0.175 e. The van der Waals surface area contributed by atoms with Crippen molar-refractivity contribution in [3.8, 4) is 11.8 Å². The van der Waals surface area contributed by atoms with Gasteiger partial charge in [0.1, 0.15) is 17.2 Å². The van der Waals surface area contributed by atoms with Crippen LogP contribution in [0.5, 0.6) is 0 Å². The van der Waals surface area contributed by atoms with Crippen LogP contribution in [0.15, 0.2) is 72.1 Å². The molecule has 1 aromatic carbocycles. The van der Waals surface area contributed by atoms with Crippen molar-refractivity contribution in [3.05, 3.63) is 78.6 Å². The van der Waals surface area contributed by atoms with Crippen molar-refractivity contribution in [3.63, 3.8) is 0 Å². The summed E-state index contributed by atoms with van der Waals surface area (Å²) in [6.07, 6.45) is 8.02. The average Bonchev–Trinajstić information content (AvgIpc) is 3.20. The van der Waals surface area contributed by atoms with Gasteiger partial charge >= 0.3 is 0 Å². The van der Waals surface area contributed by atoms with E-state index in [1.54, 1.807) is 49.1 Å². The fourth-order valence-electron chi connectivity index (χ4n) is 3.25. The second kappa shape index (κ2) is 7.76. The van der Waals surface area contributed by atoms with Crippen molar-refractivity contribution in [1.29, 1.82) is 0 Å². The number of hydrogen-bond acceptors (Lipinski definition) is 7. The molecule has 0 saturated carbocycles. The van der Waals surface area contributed by atoms with E-state index in [1.807, 2.05) is 18.2 Å². The zero-order valence-electron chi connectivity index (χ0n) is 16.9. The summed E-state index contributed by atoms with van der Waals surface area (Å²) in [4.78, 5) is 13.2. The van der Waals surface area contributed by atoms with Crippen molar-refractivity contribution < 1.29 is 8.42 Å². The number of nitrogens with zero attached hydrogens (tertiary/aromatic N) is 4. The molecular weight excluding hydrogens is 424 g/mol. The molecule has 0 spiro atoms. The van der Waals surface area contributed by atoms with Crippen LogP contribution in [0.1, 0.15) is 11.4 Å². The summed E-state index contributed by atoms with van der Waals surface area (Å²) in [5.74, 6) is 6.79. The number of rotatable bonds is 3. The Kier molecular flexibility index (Phi) is 4.77. The van der Waals surface area contributed by atoms with Crippen LogP contribution in [-0.2, 0) is 9.84 Å². The van der Waals surface area contributed by atoms with Gasteiger partial charge in [-0.05, 0) is 54.3 Å². The second-order valence-electron chi connectivity index (χ2n) is 7.12. The number of anilines is 2. The van der Waals surface area contributed by atoms with Gasteiger partial charge in [-0.2, -0.15) is 5.10 Å². The molecule has 156 valence electrons. The molecule has 0 aliphatic heterocycles. The Hall–Kier alpha value is -4.29. The van der Waals surface area contributed by atoms with Crippen molar-refractivity contribution in [2.75, 3.05) is 11.6 Å². The van der Waals surface area contributed by atoms with Gasteiger partial charge in [0.05, 0.1) is 16.6 Å². The highest BCUT2D eigenvalue weighted by atomic mass is 32.2. The van der Waals surface area contributed by atoms with Gasteiger partial charge in [0.15, 0.2) is 9.84 Å². The van der Waals surface area contributed by atoms with Gasteiger partial charge < -0.3 is 5.32 Å². The van der Waals surface area contributed by atoms with Crippen molar-refractivity contribution in [2.45, 2.75) is 4.90 Å². The number of pyridine rings is 3. The summed E-state index contributed by atoms with van der Waals surface area (Å²) in [5, 5.41) is 13.0. The molecule has 0 amide bonds. The fourth-order valence-corrected chi connectivity index (χ4v) is 3.88.